The second-order valence-corrected chi connectivity index (χ2v) is 7.90. The molecule has 0 aromatic rings. The summed E-state index contributed by atoms with van der Waals surface area (Å²) in [6, 6.07) is -0.0749. The van der Waals surface area contributed by atoms with Crippen LogP contribution in [-0.4, -0.2) is 66.4 Å². The number of rotatable bonds is 5. The van der Waals surface area contributed by atoms with E-state index in [9.17, 15) is 9.59 Å². The van der Waals surface area contributed by atoms with E-state index in [0.717, 1.165) is 31.8 Å². The molecule has 2 aliphatic rings. The molecule has 1 atom stereocenters. The largest absolute Gasteiger partial charge is 0.352 e. The van der Waals surface area contributed by atoms with Gasteiger partial charge in [0.15, 0.2) is 0 Å². The number of nitrogens with two attached hydrogens (primary N) is 1. The van der Waals surface area contributed by atoms with E-state index in [2.05, 4.69) is 17.1 Å². The standard InChI is InChI=1S/C18H34N4O2/c1-13(2)17(19)18(24)22-10-8-21(9-11-22)12-16(23)20-15-6-4-14(3)5-7-15/h13-15,17H,4-12,19H2,1-3H3,(H,20,23)/t14?,15?,17-/m0/s1. The van der Waals surface area contributed by atoms with Gasteiger partial charge in [0, 0.05) is 32.2 Å². The first-order valence-corrected chi connectivity index (χ1v) is 9.43. The number of carbonyl (C=O) groups excluding carboxylic acids is 2. The summed E-state index contributed by atoms with van der Waals surface area (Å²) in [6.07, 6.45) is 4.62. The summed E-state index contributed by atoms with van der Waals surface area (Å²) < 4.78 is 0. The highest BCUT2D eigenvalue weighted by Gasteiger charge is 2.28. The smallest absolute Gasteiger partial charge is 0.239 e. The van der Waals surface area contributed by atoms with Crippen molar-refractivity contribution in [3.63, 3.8) is 0 Å². The Morgan fingerprint density at radius 2 is 1.67 bits per heavy atom. The van der Waals surface area contributed by atoms with E-state index in [1.165, 1.54) is 12.8 Å². The van der Waals surface area contributed by atoms with E-state index in [-0.39, 0.29) is 17.7 Å². The average molecular weight is 338 g/mol. The van der Waals surface area contributed by atoms with Gasteiger partial charge in [-0.15, -0.1) is 0 Å². The van der Waals surface area contributed by atoms with Gasteiger partial charge in [0.1, 0.15) is 0 Å². The van der Waals surface area contributed by atoms with Crippen LogP contribution in [0.4, 0.5) is 0 Å². The third kappa shape index (κ3) is 5.45. The van der Waals surface area contributed by atoms with Crippen LogP contribution < -0.4 is 11.1 Å². The fraction of sp³-hybridized carbons (Fsp3) is 0.889. The van der Waals surface area contributed by atoms with Gasteiger partial charge in [-0.1, -0.05) is 20.8 Å². The summed E-state index contributed by atoms with van der Waals surface area (Å²) in [6.45, 7) is 9.46. The maximum absolute atomic E-state index is 12.3. The lowest BCUT2D eigenvalue weighted by molar-refractivity contribution is -0.135. The first-order valence-electron chi connectivity index (χ1n) is 9.43. The molecule has 3 N–H and O–H groups in total. The lowest BCUT2D eigenvalue weighted by Crippen LogP contribution is -2.55. The Morgan fingerprint density at radius 3 is 2.21 bits per heavy atom. The highest BCUT2D eigenvalue weighted by molar-refractivity contribution is 5.82. The topological polar surface area (TPSA) is 78.7 Å². The van der Waals surface area contributed by atoms with E-state index in [1.807, 2.05) is 18.7 Å². The fourth-order valence-electron chi connectivity index (χ4n) is 3.50. The Morgan fingerprint density at radius 1 is 1.08 bits per heavy atom. The molecule has 0 aromatic carbocycles. The SMILES string of the molecule is CC1CCC(NC(=O)CN2CCN(C(=O)[C@@H](N)C(C)C)CC2)CC1. The fourth-order valence-corrected chi connectivity index (χ4v) is 3.50. The Kier molecular flexibility index (Phi) is 7.04. The molecule has 2 amide bonds. The van der Waals surface area contributed by atoms with Crippen LogP contribution in [0.2, 0.25) is 0 Å². The van der Waals surface area contributed by atoms with Crippen molar-refractivity contribution in [3.05, 3.63) is 0 Å². The summed E-state index contributed by atoms with van der Waals surface area (Å²) in [4.78, 5) is 28.4. The molecule has 1 saturated carbocycles. The van der Waals surface area contributed by atoms with Crippen LogP contribution in [0.5, 0.6) is 0 Å². The summed E-state index contributed by atoms with van der Waals surface area (Å²) in [5.74, 6) is 1.10. The normalized spacial score (nSPS) is 27.1. The van der Waals surface area contributed by atoms with Crippen molar-refractivity contribution in [1.82, 2.24) is 15.1 Å². The number of hydrogen-bond donors (Lipinski definition) is 2. The highest BCUT2D eigenvalue weighted by Crippen LogP contribution is 2.23. The Hall–Kier alpha value is -1.14. The molecule has 0 spiro atoms. The van der Waals surface area contributed by atoms with Crippen LogP contribution in [0.15, 0.2) is 0 Å². The van der Waals surface area contributed by atoms with Crippen LogP contribution in [0.3, 0.4) is 0 Å². The van der Waals surface area contributed by atoms with Crippen LogP contribution >= 0.6 is 0 Å². The number of amides is 2. The Balaban J connectivity index is 1.69. The molecule has 24 heavy (non-hydrogen) atoms. The molecule has 2 fully saturated rings. The van der Waals surface area contributed by atoms with Gasteiger partial charge in [0.2, 0.25) is 11.8 Å². The molecule has 138 valence electrons. The minimum atomic E-state index is -0.423. The molecule has 6 nitrogen and oxygen atoms in total. The van der Waals surface area contributed by atoms with Gasteiger partial charge in [0.05, 0.1) is 12.6 Å². The first kappa shape index (κ1) is 19.2. The Bertz CT molecular complexity index is 425. The Labute approximate surface area is 146 Å². The predicted molar refractivity (Wildman–Crippen MR) is 95.4 cm³/mol. The number of carbonyl (C=O) groups is 2. The molecule has 1 aliphatic heterocycles. The van der Waals surface area contributed by atoms with Crippen LogP contribution in [-0.2, 0) is 9.59 Å². The minimum Gasteiger partial charge on any atom is -0.352 e. The van der Waals surface area contributed by atoms with E-state index in [0.29, 0.717) is 25.7 Å². The van der Waals surface area contributed by atoms with Crippen molar-refractivity contribution in [2.45, 2.75) is 58.5 Å². The first-order chi connectivity index (χ1) is 11.4. The molecular weight excluding hydrogens is 304 g/mol. The maximum Gasteiger partial charge on any atom is 0.239 e. The number of hydrogen-bond acceptors (Lipinski definition) is 4. The quantitative estimate of drug-likeness (QED) is 0.777. The zero-order valence-corrected chi connectivity index (χ0v) is 15.5. The highest BCUT2D eigenvalue weighted by atomic mass is 16.2. The van der Waals surface area contributed by atoms with Crippen LogP contribution in [0.1, 0.15) is 46.5 Å². The van der Waals surface area contributed by atoms with Crippen molar-refractivity contribution < 1.29 is 9.59 Å². The zero-order valence-electron chi connectivity index (χ0n) is 15.5. The summed E-state index contributed by atoms with van der Waals surface area (Å²) >= 11 is 0. The van der Waals surface area contributed by atoms with Gasteiger partial charge in [-0.25, -0.2) is 0 Å². The molecule has 1 aliphatic carbocycles. The van der Waals surface area contributed by atoms with Crippen LogP contribution in [0.25, 0.3) is 0 Å². The van der Waals surface area contributed by atoms with Gasteiger partial charge >= 0.3 is 0 Å². The van der Waals surface area contributed by atoms with E-state index >= 15 is 0 Å². The van der Waals surface area contributed by atoms with E-state index in [1.54, 1.807) is 0 Å². The van der Waals surface area contributed by atoms with E-state index < -0.39 is 6.04 Å². The molecule has 2 rings (SSSR count). The average Bonchev–Trinajstić information content (AvgIpc) is 2.56. The van der Waals surface area contributed by atoms with Gasteiger partial charge < -0.3 is 16.0 Å². The van der Waals surface area contributed by atoms with E-state index in [4.69, 9.17) is 5.73 Å². The second-order valence-electron chi connectivity index (χ2n) is 7.90. The van der Waals surface area contributed by atoms with Gasteiger partial charge in [-0.2, -0.15) is 0 Å². The molecule has 1 heterocycles. The van der Waals surface area contributed by atoms with Crippen molar-refractivity contribution in [2.24, 2.45) is 17.6 Å². The van der Waals surface area contributed by atoms with Crippen molar-refractivity contribution in [1.29, 1.82) is 0 Å². The monoisotopic (exact) mass is 338 g/mol. The van der Waals surface area contributed by atoms with Gasteiger partial charge in [-0.05, 0) is 37.5 Å². The maximum atomic E-state index is 12.3. The summed E-state index contributed by atoms with van der Waals surface area (Å²) in [7, 11) is 0. The lowest BCUT2D eigenvalue weighted by Gasteiger charge is -2.36. The predicted octanol–water partition coefficient (Wildman–Crippen LogP) is 0.809. The van der Waals surface area contributed by atoms with Crippen molar-refractivity contribution in [2.75, 3.05) is 32.7 Å². The molecule has 0 radical (unpaired) electrons. The van der Waals surface area contributed by atoms with Crippen molar-refractivity contribution in [3.8, 4) is 0 Å². The minimum absolute atomic E-state index is 0.0328. The molecule has 0 aromatic heterocycles. The third-order valence-corrected chi connectivity index (χ3v) is 5.44. The van der Waals surface area contributed by atoms with Gasteiger partial charge in [-0.3, -0.25) is 14.5 Å². The summed E-state index contributed by atoms with van der Waals surface area (Å²) in [5, 5.41) is 3.17. The molecule has 1 saturated heterocycles. The summed E-state index contributed by atoms with van der Waals surface area (Å²) in [5.41, 5.74) is 5.95. The molecule has 0 bridgehead atoms. The zero-order chi connectivity index (χ0) is 17.7. The van der Waals surface area contributed by atoms with Gasteiger partial charge in [0.25, 0.3) is 0 Å². The third-order valence-electron chi connectivity index (χ3n) is 5.44. The molecular formula is C18H34N4O2. The van der Waals surface area contributed by atoms with Crippen LogP contribution in [0, 0.1) is 11.8 Å². The molecule has 6 heteroatoms. The number of nitrogens with one attached hydrogen (secondary N) is 1. The number of nitrogens with zero attached hydrogens (tertiary/aromatic N) is 2. The number of piperazine rings is 1. The second kappa shape index (κ2) is 8.81. The lowest BCUT2D eigenvalue weighted by atomic mass is 9.87. The molecule has 0 unspecified atom stereocenters. The van der Waals surface area contributed by atoms with Crippen molar-refractivity contribution >= 4 is 11.8 Å².